The molecule has 0 spiro atoms. The monoisotopic (exact) mass is 412 g/mol. The fourth-order valence-electron chi connectivity index (χ4n) is 2.59. The van der Waals surface area contributed by atoms with Crippen molar-refractivity contribution in [3.8, 4) is 22.1 Å². The smallest absolute Gasteiger partial charge is 0.338 e. The number of nitrogens with one attached hydrogen (secondary N) is 1. The van der Waals surface area contributed by atoms with Crippen LogP contribution >= 0.6 is 11.3 Å². The summed E-state index contributed by atoms with van der Waals surface area (Å²) in [6.07, 6.45) is 0. The maximum Gasteiger partial charge on any atom is 0.338 e. The van der Waals surface area contributed by atoms with Crippen molar-refractivity contribution >= 4 is 28.9 Å². The lowest BCUT2D eigenvalue weighted by molar-refractivity contribution is -0.114. The minimum absolute atomic E-state index is 0.0655. The van der Waals surface area contributed by atoms with E-state index >= 15 is 0 Å². The summed E-state index contributed by atoms with van der Waals surface area (Å²) >= 11 is 1.45. The van der Waals surface area contributed by atoms with E-state index in [1.807, 2.05) is 23.6 Å². The van der Waals surface area contributed by atoms with Crippen molar-refractivity contribution in [1.29, 1.82) is 0 Å². The fraction of sp³-hybridized carbons (Fsp3) is 0.190. The first kappa shape index (κ1) is 20.3. The van der Waals surface area contributed by atoms with Gasteiger partial charge in [-0.1, -0.05) is 0 Å². The van der Waals surface area contributed by atoms with Crippen molar-refractivity contribution in [3.05, 3.63) is 59.1 Å². The van der Waals surface area contributed by atoms with Crippen molar-refractivity contribution in [2.45, 2.75) is 13.5 Å². The maximum atomic E-state index is 12.2. The molecule has 1 amide bonds. The van der Waals surface area contributed by atoms with E-state index in [4.69, 9.17) is 14.2 Å². The number of esters is 1. The first-order valence-corrected chi connectivity index (χ1v) is 9.59. The third kappa shape index (κ3) is 5.11. The number of carbonyl (C=O) groups is 2. The largest absolute Gasteiger partial charge is 0.493 e. The quantitative estimate of drug-likeness (QED) is 0.587. The first-order valence-electron chi connectivity index (χ1n) is 8.71. The molecular formula is C21H20N2O5S. The number of amides is 1. The number of hydrogen-bond acceptors (Lipinski definition) is 7. The van der Waals surface area contributed by atoms with E-state index in [9.17, 15) is 9.59 Å². The number of carbonyl (C=O) groups excluding carboxylic acids is 2. The number of nitrogens with zero attached hydrogens (tertiary/aromatic N) is 1. The zero-order valence-electron chi connectivity index (χ0n) is 16.2. The zero-order chi connectivity index (χ0) is 20.8. The molecule has 0 unspecified atom stereocenters. The van der Waals surface area contributed by atoms with Gasteiger partial charge in [-0.25, -0.2) is 9.78 Å². The normalized spacial score (nSPS) is 10.3. The molecule has 0 aliphatic carbocycles. The Balaban J connectivity index is 1.63. The van der Waals surface area contributed by atoms with Crippen LogP contribution in [0.15, 0.2) is 47.8 Å². The summed E-state index contributed by atoms with van der Waals surface area (Å²) in [4.78, 5) is 27.8. The van der Waals surface area contributed by atoms with Gasteiger partial charge in [-0.15, -0.1) is 11.3 Å². The van der Waals surface area contributed by atoms with E-state index in [0.717, 1.165) is 10.6 Å². The van der Waals surface area contributed by atoms with Gasteiger partial charge in [-0.05, 0) is 42.5 Å². The van der Waals surface area contributed by atoms with Gasteiger partial charge in [-0.3, -0.25) is 4.79 Å². The second kappa shape index (κ2) is 9.20. The van der Waals surface area contributed by atoms with E-state index < -0.39 is 5.97 Å². The van der Waals surface area contributed by atoms with E-state index in [-0.39, 0.29) is 12.5 Å². The molecule has 0 radical (unpaired) electrons. The molecule has 1 aromatic heterocycles. The average molecular weight is 412 g/mol. The third-order valence-corrected chi connectivity index (χ3v) is 4.91. The van der Waals surface area contributed by atoms with Crippen LogP contribution in [0.3, 0.4) is 0 Å². The van der Waals surface area contributed by atoms with E-state index in [0.29, 0.717) is 28.4 Å². The third-order valence-electron chi connectivity index (χ3n) is 3.97. The minimum atomic E-state index is -0.458. The summed E-state index contributed by atoms with van der Waals surface area (Å²) < 4.78 is 15.9. The fourth-order valence-corrected chi connectivity index (χ4v) is 3.39. The molecule has 3 aromatic rings. The topological polar surface area (TPSA) is 86.8 Å². The number of rotatable bonds is 7. The molecule has 3 rings (SSSR count). The molecule has 0 aliphatic rings. The predicted octanol–water partition coefficient (Wildman–Crippen LogP) is 4.14. The van der Waals surface area contributed by atoms with Gasteiger partial charge in [0.25, 0.3) is 0 Å². The lowest BCUT2D eigenvalue weighted by atomic mass is 10.2. The van der Waals surface area contributed by atoms with Gasteiger partial charge < -0.3 is 19.5 Å². The Kier molecular flexibility index (Phi) is 6.46. The number of aromatic nitrogens is 1. The molecule has 0 saturated heterocycles. The molecule has 29 heavy (non-hydrogen) atoms. The Morgan fingerprint density at radius 2 is 1.76 bits per heavy atom. The molecule has 7 nitrogen and oxygen atoms in total. The second-order valence-electron chi connectivity index (χ2n) is 6.05. The van der Waals surface area contributed by atoms with Crippen LogP contribution in [0, 0.1) is 0 Å². The number of methoxy groups -OCH3 is 2. The van der Waals surface area contributed by atoms with Gasteiger partial charge in [0.1, 0.15) is 11.6 Å². The summed E-state index contributed by atoms with van der Waals surface area (Å²) in [6, 6.07) is 12.1. The van der Waals surface area contributed by atoms with Crippen LogP contribution < -0.4 is 14.8 Å². The Bertz CT molecular complexity index is 1010. The van der Waals surface area contributed by atoms with Crippen LogP contribution in [0.2, 0.25) is 0 Å². The predicted molar refractivity (Wildman–Crippen MR) is 111 cm³/mol. The van der Waals surface area contributed by atoms with Crippen molar-refractivity contribution in [1.82, 2.24) is 4.98 Å². The Morgan fingerprint density at radius 1 is 1.03 bits per heavy atom. The summed E-state index contributed by atoms with van der Waals surface area (Å²) in [5.74, 6) is 0.636. The van der Waals surface area contributed by atoms with Crippen LogP contribution in [-0.2, 0) is 16.1 Å². The molecule has 0 fully saturated rings. The van der Waals surface area contributed by atoms with E-state index in [1.54, 1.807) is 38.5 Å². The highest BCUT2D eigenvalue weighted by molar-refractivity contribution is 7.13. The standard InChI is InChI=1S/C21H20N2O5S/c1-13(24)22-16-7-4-14(5-8-16)21(25)28-11-17-12-29-20(23-17)15-6-9-18(26-2)19(10-15)27-3/h4-10,12H,11H2,1-3H3,(H,22,24). The molecule has 8 heteroatoms. The molecule has 1 heterocycles. The summed E-state index contributed by atoms with van der Waals surface area (Å²) in [7, 11) is 3.16. The average Bonchev–Trinajstić information content (AvgIpc) is 3.20. The number of thiazole rings is 1. The summed E-state index contributed by atoms with van der Waals surface area (Å²) in [5, 5.41) is 5.28. The highest BCUT2D eigenvalue weighted by Crippen LogP contribution is 2.33. The van der Waals surface area contributed by atoms with E-state index in [2.05, 4.69) is 10.3 Å². The van der Waals surface area contributed by atoms with Gasteiger partial charge in [-0.2, -0.15) is 0 Å². The molecule has 0 atom stereocenters. The Hall–Kier alpha value is -3.39. The SMILES string of the molecule is COc1ccc(-c2nc(COC(=O)c3ccc(NC(C)=O)cc3)cs2)cc1OC. The highest BCUT2D eigenvalue weighted by Gasteiger charge is 2.12. The van der Waals surface area contributed by atoms with Gasteiger partial charge in [0.05, 0.1) is 25.5 Å². The van der Waals surface area contributed by atoms with Crippen LogP contribution in [-0.4, -0.2) is 31.1 Å². The van der Waals surface area contributed by atoms with Crippen LogP contribution in [0.25, 0.3) is 10.6 Å². The second-order valence-corrected chi connectivity index (χ2v) is 6.91. The zero-order valence-corrected chi connectivity index (χ0v) is 17.0. The van der Waals surface area contributed by atoms with Crippen LogP contribution in [0.4, 0.5) is 5.69 Å². The molecule has 0 aliphatic heterocycles. The molecule has 0 saturated carbocycles. The summed E-state index contributed by atoms with van der Waals surface area (Å²) in [5.41, 5.74) is 2.56. The van der Waals surface area contributed by atoms with Gasteiger partial charge in [0.15, 0.2) is 11.5 Å². The minimum Gasteiger partial charge on any atom is -0.493 e. The van der Waals surface area contributed by atoms with Crippen LogP contribution in [0.5, 0.6) is 11.5 Å². The van der Waals surface area contributed by atoms with Gasteiger partial charge in [0, 0.05) is 23.6 Å². The Labute approximate surface area is 172 Å². The number of anilines is 1. The first-order chi connectivity index (χ1) is 14.0. The van der Waals surface area contributed by atoms with Gasteiger partial charge in [0.2, 0.25) is 5.91 Å². The van der Waals surface area contributed by atoms with Crippen molar-refractivity contribution in [2.24, 2.45) is 0 Å². The highest BCUT2D eigenvalue weighted by atomic mass is 32.1. The number of ether oxygens (including phenoxy) is 3. The summed E-state index contributed by atoms with van der Waals surface area (Å²) in [6.45, 7) is 1.49. The van der Waals surface area contributed by atoms with Crippen molar-refractivity contribution in [3.63, 3.8) is 0 Å². The van der Waals surface area contributed by atoms with Gasteiger partial charge >= 0.3 is 5.97 Å². The molecule has 150 valence electrons. The lowest BCUT2D eigenvalue weighted by Gasteiger charge is -2.08. The number of hydrogen-bond donors (Lipinski definition) is 1. The van der Waals surface area contributed by atoms with Crippen molar-refractivity contribution < 1.29 is 23.8 Å². The van der Waals surface area contributed by atoms with Crippen molar-refractivity contribution in [2.75, 3.05) is 19.5 Å². The van der Waals surface area contributed by atoms with Crippen LogP contribution in [0.1, 0.15) is 23.0 Å². The molecular weight excluding hydrogens is 392 g/mol. The Morgan fingerprint density at radius 3 is 2.41 bits per heavy atom. The number of benzene rings is 2. The maximum absolute atomic E-state index is 12.2. The molecule has 0 bridgehead atoms. The lowest BCUT2D eigenvalue weighted by Crippen LogP contribution is -2.08. The molecule has 2 aromatic carbocycles. The van der Waals surface area contributed by atoms with E-state index in [1.165, 1.54) is 18.3 Å². The molecule has 1 N–H and O–H groups in total.